The lowest BCUT2D eigenvalue weighted by molar-refractivity contribution is 0.312. The number of rotatable bonds is 4. The molecule has 3 aromatic rings. The first-order valence-corrected chi connectivity index (χ1v) is 6.63. The minimum Gasteiger partial charge on any atom is -0.490 e. The second-order valence-corrected chi connectivity index (χ2v) is 4.54. The van der Waals surface area contributed by atoms with E-state index in [1.54, 1.807) is 18.2 Å². The van der Waals surface area contributed by atoms with Gasteiger partial charge in [-0.15, -0.1) is 0 Å². The van der Waals surface area contributed by atoms with Crippen molar-refractivity contribution in [2.75, 3.05) is 14.2 Å². The molecule has 0 aliphatic heterocycles. The molecule has 0 bridgehead atoms. The summed E-state index contributed by atoms with van der Waals surface area (Å²) in [4.78, 5) is 8.34. The van der Waals surface area contributed by atoms with Crippen LogP contribution in [0.5, 0.6) is 23.1 Å². The van der Waals surface area contributed by atoms with E-state index in [1.165, 1.54) is 20.4 Å². The van der Waals surface area contributed by atoms with Gasteiger partial charge in [-0.25, -0.2) is 14.4 Å². The van der Waals surface area contributed by atoms with Crippen molar-refractivity contribution in [2.45, 2.75) is 0 Å². The quantitative estimate of drug-likeness (QED) is 0.734. The van der Waals surface area contributed by atoms with Gasteiger partial charge < -0.3 is 14.2 Å². The molecule has 0 N–H and O–H groups in total. The lowest BCUT2D eigenvalue weighted by atomic mass is 10.2. The number of benzene rings is 2. The van der Waals surface area contributed by atoms with Crippen molar-refractivity contribution in [3.05, 3.63) is 48.2 Å². The summed E-state index contributed by atoms with van der Waals surface area (Å²) in [6, 6.07) is 8.00. The van der Waals surface area contributed by atoms with Gasteiger partial charge in [-0.1, -0.05) is 12.1 Å². The third-order valence-corrected chi connectivity index (χ3v) is 3.15. The molecule has 0 radical (unpaired) electrons. The van der Waals surface area contributed by atoms with E-state index in [-0.39, 0.29) is 23.1 Å². The minimum absolute atomic E-state index is 0.0363. The lowest BCUT2D eigenvalue weighted by Gasteiger charge is -2.13. The smallest absolute Gasteiger partial charge is 0.238 e. The normalized spacial score (nSPS) is 10.6. The molecule has 5 nitrogen and oxygen atoms in total. The number of fused-ring (bicyclic) bond motifs is 1. The Morgan fingerprint density at radius 1 is 0.957 bits per heavy atom. The predicted molar refractivity (Wildman–Crippen MR) is 79.1 cm³/mol. The minimum atomic E-state index is -0.888. The van der Waals surface area contributed by atoms with Gasteiger partial charge in [-0.05, 0) is 12.1 Å². The van der Waals surface area contributed by atoms with E-state index in [4.69, 9.17) is 14.2 Å². The van der Waals surface area contributed by atoms with Crippen LogP contribution in [0.15, 0.2) is 36.5 Å². The van der Waals surface area contributed by atoms with Crippen molar-refractivity contribution < 1.29 is 23.0 Å². The zero-order valence-electron chi connectivity index (χ0n) is 12.3. The first-order chi connectivity index (χ1) is 11.1. The highest BCUT2D eigenvalue weighted by Gasteiger charge is 2.22. The summed E-state index contributed by atoms with van der Waals surface area (Å²) < 4.78 is 43.2. The Bertz CT molecular complexity index is 871. The maximum atomic E-state index is 14.4. The van der Waals surface area contributed by atoms with Gasteiger partial charge in [0.05, 0.1) is 31.4 Å². The third kappa shape index (κ3) is 2.73. The average Bonchev–Trinajstić information content (AvgIpc) is 2.57. The van der Waals surface area contributed by atoms with Crippen LogP contribution in [0.2, 0.25) is 0 Å². The molecule has 0 aliphatic carbocycles. The summed E-state index contributed by atoms with van der Waals surface area (Å²) in [5.41, 5.74) is 1.24. The van der Waals surface area contributed by atoms with Crippen LogP contribution in [-0.2, 0) is 0 Å². The summed E-state index contributed by atoms with van der Waals surface area (Å²) in [5, 5.41) is 0. The SMILES string of the molecule is COc1c(F)cc(Oc2cnc3ccccc3n2)c(F)c1OC. The van der Waals surface area contributed by atoms with E-state index in [1.807, 2.05) is 6.07 Å². The van der Waals surface area contributed by atoms with Crippen molar-refractivity contribution in [1.82, 2.24) is 9.97 Å². The molecule has 0 saturated carbocycles. The monoisotopic (exact) mass is 318 g/mol. The number of hydrogen-bond acceptors (Lipinski definition) is 5. The fourth-order valence-corrected chi connectivity index (χ4v) is 2.11. The van der Waals surface area contributed by atoms with Gasteiger partial charge in [0.25, 0.3) is 0 Å². The Kier molecular flexibility index (Phi) is 3.92. The Morgan fingerprint density at radius 3 is 2.35 bits per heavy atom. The lowest BCUT2D eigenvalue weighted by Crippen LogP contribution is -2.00. The molecule has 0 saturated heterocycles. The highest BCUT2D eigenvalue weighted by molar-refractivity contribution is 5.74. The zero-order valence-corrected chi connectivity index (χ0v) is 12.3. The average molecular weight is 318 g/mol. The second kappa shape index (κ2) is 6.04. The van der Waals surface area contributed by atoms with Gasteiger partial charge in [0.2, 0.25) is 17.4 Å². The van der Waals surface area contributed by atoms with Crippen LogP contribution in [0.3, 0.4) is 0 Å². The maximum Gasteiger partial charge on any atom is 0.238 e. The molecule has 0 aliphatic rings. The highest BCUT2D eigenvalue weighted by atomic mass is 19.1. The molecular formula is C16H12F2N2O3. The van der Waals surface area contributed by atoms with Crippen LogP contribution in [0, 0.1) is 11.6 Å². The van der Waals surface area contributed by atoms with Gasteiger partial charge in [0, 0.05) is 6.07 Å². The van der Waals surface area contributed by atoms with Crippen molar-refractivity contribution in [3.8, 4) is 23.1 Å². The summed E-state index contributed by atoms with van der Waals surface area (Å²) in [5.74, 6) is -2.74. The van der Waals surface area contributed by atoms with E-state index < -0.39 is 11.6 Å². The topological polar surface area (TPSA) is 53.5 Å². The first kappa shape index (κ1) is 15.0. The highest BCUT2D eigenvalue weighted by Crippen LogP contribution is 2.39. The summed E-state index contributed by atoms with van der Waals surface area (Å²) in [6.07, 6.45) is 1.33. The number of nitrogens with zero attached hydrogens (tertiary/aromatic N) is 2. The Morgan fingerprint density at radius 2 is 1.65 bits per heavy atom. The molecule has 0 spiro atoms. The van der Waals surface area contributed by atoms with E-state index in [2.05, 4.69) is 9.97 Å². The molecule has 1 heterocycles. The fourth-order valence-electron chi connectivity index (χ4n) is 2.11. The van der Waals surface area contributed by atoms with E-state index in [9.17, 15) is 8.78 Å². The van der Waals surface area contributed by atoms with Crippen LogP contribution < -0.4 is 14.2 Å². The fraction of sp³-hybridized carbons (Fsp3) is 0.125. The molecule has 2 aromatic carbocycles. The standard InChI is InChI=1S/C16H12F2N2O3/c1-21-15-9(17)7-12(14(18)16(15)22-2)23-13-8-19-10-5-3-4-6-11(10)20-13/h3-8H,1-2H3. The van der Waals surface area contributed by atoms with Crippen LogP contribution >= 0.6 is 0 Å². The molecule has 0 amide bonds. The van der Waals surface area contributed by atoms with E-state index in [0.29, 0.717) is 11.0 Å². The molecule has 3 rings (SSSR count). The summed E-state index contributed by atoms with van der Waals surface area (Å²) in [7, 11) is 2.43. The number of ether oxygens (including phenoxy) is 3. The van der Waals surface area contributed by atoms with Crippen LogP contribution in [0.4, 0.5) is 8.78 Å². The first-order valence-electron chi connectivity index (χ1n) is 6.63. The number of para-hydroxylation sites is 2. The van der Waals surface area contributed by atoms with Gasteiger partial charge in [-0.2, -0.15) is 4.39 Å². The van der Waals surface area contributed by atoms with Gasteiger partial charge >= 0.3 is 0 Å². The molecule has 23 heavy (non-hydrogen) atoms. The molecule has 0 atom stereocenters. The Hall–Kier alpha value is -2.96. The largest absolute Gasteiger partial charge is 0.490 e. The van der Waals surface area contributed by atoms with Crippen molar-refractivity contribution >= 4 is 11.0 Å². The van der Waals surface area contributed by atoms with Gasteiger partial charge in [0.1, 0.15) is 0 Å². The number of aromatic nitrogens is 2. The molecule has 1 aromatic heterocycles. The van der Waals surface area contributed by atoms with Crippen molar-refractivity contribution in [1.29, 1.82) is 0 Å². The number of methoxy groups -OCH3 is 2. The molecule has 0 fully saturated rings. The van der Waals surface area contributed by atoms with Crippen LogP contribution in [0.1, 0.15) is 0 Å². The predicted octanol–water partition coefficient (Wildman–Crippen LogP) is 3.72. The Labute approximate surface area is 130 Å². The molecule has 0 unspecified atom stereocenters. The van der Waals surface area contributed by atoms with Crippen LogP contribution in [0.25, 0.3) is 11.0 Å². The Balaban J connectivity index is 2.03. The summed E-state index contributed by atoms with van der Waals surface area (Å²) >= 11 is 0. The number of hydrogen-bond donors (Lipinski definition) is 0. The zero-order chi connectivity index (χ0) is 16.4. The number of halogens is 2. The molecular weight excluding hydrogens is 306 g/mol. The second-order valence-electron chi connectivity index (χ2n) is 4.54. The van der Waals surface area contributed by atoms with E-state index in [0.717, 1.165) is 6.07 Å². The van der Waals surface area contributed by atoms with Gasteiger partial charge in [-0.3, -0.25) is 0 Å². The maximum absolute atomic E-state index is 14.4. The summed E-state index contributed by atoms with van der Waals surface area (Å²) in [6.45, 7) is 0. The van der Waals surface area contributed by atoms with Crippen molar-refractivity contribution in [2.24, 2.45) is 0 Å². The van der Waals surface area contributed by atoms with Gasteiger partial charge in [0.15, 0.2) is 17.3 Å². The van der Waals surface area contributed by atoms with Crippen LogP contribution in [-0.4, -0.2) is 24.2 Å². The third-order valence-electron chi connectivity index (χ3n) is 3.15. The molecule has 118 valence electrons. The molecule has 7 heteroatoms. The van der Waals surface area contributed by atoms with E-state index >= 15 is 0 Å². The van der Waals surface area contributed by atoms with Crippen molar-refractivity contribution in [3.63, 3.8) is 0 Å².